The lowest BCUT2D eigenvalue weighted by atomic mass is 10.1. The number of carbonyl (C=O) groups excluding carboxylic acids is 2. The second-order valence-corrected chi connectivity index (χ2v) is 8.01. The van der Waals surface area contributed by atoms with Gasteiger partial charge in [0.25, 0.3) is 11.8 Å². The van der Waals surface area contributed by atoms with Crippen LogP contribution in [0.4, 0.5) is 8.78 Å². The summed E-state index contributed by atoms with van der Waals surface area (Å²) in [5.74, 6) is -2.52. The Morgan fingerprint density at radius 3 is 2.17 bits per heavy atom. The average molecular weight is 427 g/mol. The van der Waals surface area contributed by atoms with E-state index in [0.717, 1.165) is 22.7 Å². The zero-order chi connectivity index (χ0) is 21.3. The van der Waals surface area contributed by atoms with Crippen LogP contribution in [-0.2, 0) is 0 Å². The molecule has 3 aromatic rings. The minimum absolute atomic E-state index is 0.0967. The predicted octanol–water partition coefficient (Wildman–Crippen LogP) is 3.99. The summed E-state index contributed by atoms with van der Waals surface area (Å²) in [7, 11) is 0. The minimum Gasteiger partial charge on any atom is -0.335 e. The highest BCUT2D eigenvalue weighted by Crippen LogP contribution is 2.29. The fourth-order valence-electron chi connectivity index (χ4n) is 3.37. The van der Waals surface area contributed by atoms with Gasteiger partial charge in [-0.05, 0) is 25.1 Å². The van der Waals surface area contributed by atoms with Crippen LogP contribution in [0.1, 0.15) is 25.7 Å². The van der Waals surface area contributed by atoms with Crippen LogP contribution in [0.3, 0.4) is 0 Å². The van der Waals surface area contributed by atoms with Crippen LogP contribution in [0.2, 0.25) is 0 Å². The number of hydrogen-bond acceptors (Lipinski definition) is 4. The Hall–Kier alpha value is -3.13. The summed E-state index contributed by atoms with van der Waals surface area (Å²) in [6, 6.07) is 12.8. The van der Waals surface area contributed by atoms with E-state index in [1.807, 2.05) is 37.3 Å². The molecular weight excluding hydrogens is 408 g/mol. The number of carbonyl (C=O) groups is 2. The molecule has 1 aliphatic rings. The van der Waals surface area contributed by atoms with E-state index < -0.39 is 11.6 Å². The molecule has 0 radical (unpaired) electrons. The lowest BCUT2D eigenvalue weighted by Crippen LogP contribution is -2.50. The molecule has 2 amide bonds. The molecule has 2 aromatic carbocycles. The molecular formula is C22H19F2N3O2S. The van der Waals surface area contributed by atoms with Gasteiger partial charge in [0.05, 0.1) is 5.69 Å². The molecule has 0 saturated carbocycles. The number of amides is 2. The number of thiazole rings is 1. The lowest BCUT2D eigenvalue weighted by Gasteiger charge is -2.34. The van der Waals surface area contributed by atoms with Crippen molar-refractivity contribution in [3.05, 3.63) is 76.3 Å². The fraction of sp³-hybridized carbons (Fsp3) is 0.227. The largest absolute Gasteiger partial charge is 0.335 e. The normalized spacial score (nSPS) is 14.1. The van der Waals surface area contributed by atoms with Crippen LogP contribution in [0.5, 0.6) is 0 Å². The number of aryl methyl sites for hydroxylation is 1. The van der Waals surface area contributed by atoms with Crippen molar-refractivity contribution >= 4 is 23.2 Å². The van der Waals surface area contributed by atoms with Crippen molar-refractivity contribution in [2.45, 2.75) is 6.92 Å². The maximum Gasteiger partial charge on any atom is 0.265 e. The molecule has 4 rings (SSSR count). The number of aromatic nitrogens is 1. The second kappa shape index (κ2) is 8.31. The molecule has 0 spiro atoms. The molecule has 1 saturated heterocycles. The van der Waals surface area contributed by atoms with E-state index in [4.69, 9.17) is 0 Å². The van der Waals surface area contributed by atoms with E-state index in [-0.39, 0.29) is 17.4 Å². The molecule has 0 N–H and O–H groups in total. The predicted molar refractivity (Wildman–Crippen MR) is 110 cm³/mol. The fourth-order valence-corrected chi connectivity index (χ4v) is 4.41. The monoisotopic (exact) mass is 427 g/mol. The topological polar surface area (TPSA) is 53.5 Å². The summed E-state index contributed by atoms with van der Waals surface area (Å²) < 4.78 is 26.5. The van der Waals surface area contributed by atoms with Crippen molar-refractivity contribution in [3.63, 3.8) is 0 Å². The molecule has 30 heavy (non-hydrogen) atoms. The first kappa shape index (κ1) is 20.2. The Morgan fingerprint density at radius 1 is 0.900 bits per heavy atom. The maximum absolute atomic E-state index is 13.4. The van der Waals surface area contributed by atoms with E-state index in [1.54, 1.807) is 9.80 Å². The first-order chi connectivity index (χ1) is 14.4. The van der Waals surface area contributed by atoms with Crippen molar-refractivity contribution < 1.29 is 18.4 Å². The van der Waals surface area contributed by atoms with Gasteiger partial charge in [-0.15, -0.1) is 11.3 Å². The molecule has 5 nitrogen and oxygen atoms in total. The van der Waals surface area contributed by atoms with E-state index in [0.29, 0.717) is 36.8 Å². The molecule has 154 valence electrons. The van der Waals surface area contributed by atoms with Gasteiger partial charge in [-0.1, -0.05) is 30.3 Å². The van der Waals surface area contributed by atoms with Crippen molar-refractivity contribution in [2.24, 2.45) is 0 Å². The Kier molecular flexibility index (Phi) is 5.59. The molecule has 1 aromatic heterocycles. The summed E-state index contributed by atoms with van der Waals surface area (Å²) >= 11 is 1.36. The van der Waals surface area contributed by atoms with E-state index in [9.17, 15) is 18.4 Å². The molecule has 2 heterocycles. The second-order valence-electron chi connectivity index (χ2n) is 7.01. The average Bonchev–Trinajstić information content (AvgIpc) is 3.17. The number of piperazine rings is 1. The molecule has 1 fully saturated rings. The summed E-state index contributed by atoms with van der Waals surface area (Å²) in [5, 5.41) is 0.795. The van der Waals surface area contributed by atoms with Crippen LogP contribution in [-0.4, -0.2) is 52.8 Å². The third-order valence-corrected chi connectivity index (χ3v) is 6.23. The molecule has 0 bridgehead atoms. The Bertz CT molecular complexity index is 1090. The van der Waals surface area contributed by atoms with Crippen LogP contribution in [0.15, 0.2) is 48.5 Å². The standard InChI is InChI=1S/C22H19F2N3O2S/c1-14-19(30-20(25-14)15-5-3-2-4-6-15)22(29)27-11-9-26(10-12-27)21(28)16-7-8-17(23)18(24)13-16/h2-8,13H,9-12H2,1H3. The van der Waals surface area contributed by atoms with Gasteiger partial charge in [0.2, 0.25) is 0 Å². The first-order valence-electron chi connectivity index (χ1n) is 9.50. The van der Waals surface area contributed by atoms with Crippen LogP contribution in [0, 0.1) is 18.6 Å². The van der Waals surface area contributed by atoms with Gasteiger partial charge < -0.3 is 9.80 Å². The number of hydrogen-bond donors (Lipinski definition) is 0. The van der Waals surface area contributed by atoms with Gasteiger partial charge in [0, 0.05) is 37.3 Å². The highest BCUT2D eigenvalue weighted by Gasteiger charge is 2.28. The van der Waals surface area contributed by atoms with Gasteiger partial charge in [0.1, 0.15) is 9.88 Å². The van der Waals surface area contributed by atoms with Crippen LogP contribution >= 0.6 is 11.3 Å². The molecule has 1 aliphatic heterocycles. The number of halogens is 2. The Morgan fingerprint density at radius 2 is 1.53 bits per heavy atom. The third-order valence-electron chi connectivity index (χ3n) is 5.03. The van der Waals surface area contributed by atoms with Crippen molar-refractivity contribution in [1.29, 1.82) is 0 Å². The highest BCUT2D eigenvalue weighted by molar-refractivity contribution is 7.17. The van der Waals surface area contributed by atoms with E-state index in [2.05, 4.69) is 4.98 Å². The van der Waals surface area contributed by atoms with E-state index >= 15 is 0 Å². The summed E-state index contributed by atoms with van der Waals surface area (Å²) in [4.78, 5) is 33.9. The third kappa shape index (κ3) is 3.95. The zero-order valence-corrected chi connectivity index (χ0v) is 17.1. The van der Waals surface area contributed by atoms with Crippen molar-refractivity contribution in [3.8, 4) is 10.6 Å². The minimum atomic E-state index is -1.05. The molecule has 0 aliphatic carbocycles. The summed E-state index contributed by atoms with van der Waals surface area (Å²) in [6.45, 7) is 3.21. The maximum atomic E-state index is 13.4. The van der Waals surface area contributed by atoms with Crippen molar-refractivity contribution in [1.82, 2.24) is 14.8 Å². The Labute approximate surface area is 176 Å². The van der Waals surface area contributed by atoms with Gasteiger partial charge in [0.15, 0.2) is 11.6 Å². The number of nitrogens with zero attached hydrogens (tertiary/aromatic N) is 3. The molecule has 0 unspecified atom stereocenters. The van der Waals surface area contributed by atoms with Gasteiger partial charge in [-0.25, -0.2) is 13.8 Å². The molecule has 8 heteroatoms. The first-order valence-corrected chi connectivity index (χ1v) is 10.3. The quantitative estimate of drug-likeness (QED) is 0.635. The molecule has 0 atom stereocenters. The Balaban J connectivity index is 1.43. The SMILES string of the molecule is Cc1nc(-c2ccccc2)sc1C(=O)N1CCN(C(=O)c2ccc(F)c(F)c2)CC1. The smallest absolute Gasteiger partial charge is 0.265 e. The van der Waals surface area contributed by atoms with E-state index in [1.165, 1.54) is 17.4 Å². The number of rotatable bonds is 3. The number of benzene rings is 2. The summed E-state index contributed by atoms with van der Waals surface area (Å²) in [6.07, 6.45) is 0. The summed E-state index contributed by atoms with van der Waals surface area (Å²) in [5.41, 5.74) is 1.75. The lowest BCUT2D eigenvalue weighted by molar-refractivity contribution is 0.0537. The van der Waals surface area contributed by atoms with Gasteiger partial charge in [-0.2, -0.15) is 0 Å². The van der Waals surface area contributed by atoms with Crippen LogP contribution in [0.25, 0.3) is 10.6 Å². The highest BCUT2D eigenvalue weighted by atomic mass is 32.1. The van der Waals surface area contributed by atoms with Gasteiger partial charge in [-0.3, -0.25) is 9.59 Å². The zero-order valence-electron chi connectivity index (χ0n) is 16.3. The van der Waals surface area contributed by atoms with Gasteiger partial charge >= 0.3 is 0 Å². The van der Waals surface area contributed by atoms with Crippen LogP contribution < -0.4 is 0 Å². The van der Waals surface area contributed by atoms with Crippen molar-refractivity contribution in [2.75, 3.05) is 26.2 Å².